The number of hydrogen-bond acceptors (Lipinski definition) is 5. The minimum absolute atomic E-state index is 0.0143. The van der Waals surface area contributed by atoms with Gasteiger partial charge in [0.25, 0.3) is 5.91 Å². The van der Waals surface area contributed by atoms with Crippen molar-refractivity contribution < 1.29 is 24.5 Å². The summed E-state index contributed by atoms with van der Waals surface area (Å²) in [5.41, 5.74) is -0.309. The molecule has 1 aromatic rings. The number of piperidine rings is 1. The third-order valence-electron chi connectivity index (χ3n) is 6.75. The number of rotatable bonds is 3. The van der Waals surface area contributed by atoms with E-state index in [9.17, 15) is 19.8 Å². The molecule has 1 saturated carbocycles. The van der Waals surface area contributed by atoms with E-state index in [1.165, 1.54) is 0 Å². The van der Waals surface area contributed by atoms with Gasteiger partial charge >= 0.3 is 0 Å². The summed E-state index contributed by atoms with van der Waals surface area (Å²) >= 11 is 0. The molecule has 1 aliphatic carbocycles. The predicted octanol–water partition coefficient (Wildman–Crippen LogP) is 1.74. The number of ether oxygens (including phenoxy) is 1. The largest absolute Gasteiger partial charge is 0.507 e. The molecule has 0 aromatic heterocycles. The highest BCUT2D eigenvalue weighted by Crippen LogP contribution is 2.41. The molecule has 2 heterocycles. The maximum absolute atomic E-state index is 12.8. The smallest absolute Gasteiger partial charge is 0.257 e. The lowest BCUT2D eigenvalue weighted by Crippen LogP contribution is -2.69. The molecular weight excluding hydrogens is 372 g/mol. The zero-order valence-electron chi connectivity index (χ0n) is 17.1. The second-order valence-electron chi connectivity index (χ2n) is 9.06. The number of carbonyl (C=O) groups excluding carboxylic acids is 2. The van der Waals surface area contributed by atoms with E-state index < -0.39 is 17.2 Å². The second-order valence-corrected chi connectivity index (χ2v) is 9.06. The van der Waals surface area contributed by atoms with Crippen LogP contribution in [0.1, 0.15) is 54.9 Å². The van der Waals surface area contributed by atoms with Crippen LogP contribution in [0.4, 0.5) is 0 Å². The SMILES string of the molecule is Cc1ccc(C(=O)N2CCC3(CC2)OCC[C@](C)(NC(=O)C2CC2)[C@H]3O)c(O)c1. The Morgan fingerprint density at radius 2 is 1.90 bits per heavy atom. The van der Waals surface area contributed by atoms with E-state index in [-0.39, 0.29) is 29.0 Å². The molecule has 0 unspecified atom stereocenters. The molecule has 2 atom stereocenters. The molecule has 0 radical (unpaired) electrons. The first kappa shape index (κ1) is 20.2. The average molecular weight is 402 g/mol. The van der Waals surface area contributed by atoms with Gasteiger partial charge in [-0.05, 0) is 63.6 Å². The van der Waals surface area contributed by atoms with Crippen molar-refractivity contribution >= 4 is 11.8 Å². The van der Waals surface area contributed by atoms with Crippen molar-refractivity contribution in [3.05, 3.63) is 29.3 Å². The van der Waals surface area contributed by atoms with E-state index in [1.807, 2.05) is 13.8 Å². The van der Waals surface area contributed by atoms with Gasteiger partial charge in [-0.15, -0.1) is 0 Å². The first-order valence-corrected chi connectivity index (χ1v) is 10.5. The zero-order valence-corrected chi connectivity index (χ0v) is 17.1. The molecule has 2 amide bonds. The maximum Gasteiger partial charge on any atom is 0.257 e. The quantitative estimate of drug-likeness (QED) is 0.715. The Bertz CT molecular complexity index is 813. The molecule has 7 heteroatoms. The van der Waals surface area contributed by atoms with Crippen LogP contribution in [0.25, 0.3) is 0 Å². The first-order chi connectivity index (χ1) is 13.7. The lowest BCUT2D eigenvalue weighted by Gasteiger charge is -2.53. The Morgan fingerprint density at radius 1 is 1.21 bits per heavy atom. The highest BCUT2D eigenvalue weighted by molar-refractivity contribution is 5.97. The van der Waals surface area contributed by atoms with E-state index >= 15 is 0 Å². The predicted molar refractivity (Wildman–Crippen MR) is 107 cm³/mol. The van der Waals surface area contributed by atoms with Gasteiger partial charge in [-0.25, -0.2) is 0 Å². The van der Waals surface area contributed by atoms with Gasteiger partial charge in [-0.2, -0.15) is 0 Å². The van der Waals surface area contributed by atoms with Crippen molar-refractivity contribution in [2.75, 3.05) is 19.7 Å². The Kier molecular flexibility index (Phi) is 5.07. The van der Waals surface area contributed by atoms with E-state index in [0.717, 1.165) is 18.4 Å². The number of likely N-dealkylation sites (tertiary alicyclic amines) is 1. The van der Waals surface area contributed by atoms with Gasteiger partial charge in [0, 0.05) is 25.6 Å². The van der Waals surface area contributed by atoms with Gasteiger partial charge in [-0.3, -0.25) is 9.59 Å². The maximum atomic E-state index is 12.8. The van der Waals surface area contributed by atoms with Crippen LogP contribution in [0.15, 0.2) is 18.2 Å². The molecule has 2 aliphatic heterocycles. The topological polar surface area (TPSA) is 99.1 Å². The number of aryl methyl sites for hydroxylation is 1. The van der Waals surface area contributed by atoms with E-state index in [2.05, 4.69) is 5.32 Å². The van der Waals surface area contributed by atoms with Crippen molar-refractivity contribution in [2.45, 2.75) is 63.2 Å². The summed E-state index contributed by atoms with van der Waals surface area (Å²) < 4.78 is 6.06. The zero-order chi connectivity index (χ0) is 20.8. The number of nitrogens with one attached hydrogen (secondary N) is 1. The third-order valence-corrected chi connectivity index (χ3v) is 6.75. The van der Waals surface area contributed by atoms with Crippen molar-refractivity contribution in [3.8, 4) is 5.75 Å². The fourth-order valence-electron chi connectivity index (χ4n) is 4.62. The van der Waals surface area contributed by atoms with Crippen molar-refractivity contribution in [2.24, 2.45) is 5.92 Å². The molecule has 1 spiro atoms. The van der Waals surface area contributed by atoms with Crippen LogP contribution in [0.2, 0.25) is 0 Å². The monoisotopic (exact) mass is 402 g/mol. The number of benzene rings is 1. The Labute approximate surface area is 171 Å². The number of aliphatic hydroxyl groups excluding tert-OH is 1. The van der Waals surface area contributed by atoms with Gasteiger partial charge in [0.2, 0.25) is 5.91 Å². The number of aliphatic hydroxyl groups is 1. The normalized spacial score (nSPS) is 28.9. The summed E-state index contributed by atoms with van der Waals surface area (Å²) in [6.45, 7) is 5.07. The van der Waals surface area contributed by atoms with Crippen LogP contribution in [0.5, 0.6) is 5.75 Å². The van der Waals surface area contributed by atoms with Crippen LogP contribution in [0, 0.1) is 12.8 Å². The third kappa shape index (κ3) is 3.73. The Hall–Kier alpha value is -2.12. The van der Waals surface area contributed by atoms with Gasteiger partial charge in [0.1, 0.15) is 11.9 Å². The van der Waals surface area contributed by atoms with Crippen molar-refractivity contribution in [1.29, 1.82) is 0 Å². The standard InChI is InChI=1S/C22H30N2O5/c1-14-3-6-16(17(25)13-14)19(27)24-10-7-22(8-11-24)20(28)21(2,9-12-29-22)23-18(26)15-4-5-15/h3,6,13,15,20,25,28H,4-5,7-12H2,1-2H3,(H,23,26)/t20-,21+/m1/s1. The molecule has 29 heavy (non-hydrogen) atoms. The molecule has 7 nitrogen and oxygen atoms in total. The van der Waals surface area contributed by atoms with Crippen molar-refractivity contribution in [3.63, 3.8) is 0 Å². The summed E-state index contributed by atoms with van der Waals surface area (Å²) in [5.74, 6) is -0.127. The van der Waals surface area contributed by atoms with Gasteiger partial charge < -0.3 is 25.2 Å². The highest BCUT2D eigenvalue weighted by Gasteiger charge is 2.54. The number of nitrogens with zero attached hydrogens (tertiary/aromatic N) is 1. The van der Waals surface area contributed by atoms with Gasteiger partial charge in [0.05, 0.1) is 16.7 Å². The molecule has 0 bridgehead atoms. The molecular formula is C22H30N2O5. The van der Waals surface area contributed by atoms with Crippen LogP contribution in [-0.4, -0.2) is 63.9 Å². The number of phenolic OH excluding ortho intramolecular Hbond substituents is 1. The molecule has 3 fully saturated rings. The van der Waals surface area contributed by atoms with Crippen molar-refractivity contribution in [1.82, 2.24) is 10.2 Å². The highest BCUT2D eigenvalue weighted by atomic mass is 16.5. The van der Waals surface area contributed by atoms with Crippen LogP contribution in [-0.2, 0) is 9.53 Å². The van der Waals surface area contributed by atoms with E-state index in [1.54, 1.807) is 23.1 Å². The summed E-state index contributed by atoms with van der Waals surface area (Å²) in [5, 5.41) is 24.4. The lowest BCUT2D eigenvalue weighted by molar-refractivity contribution is -0.205. The first-order valence-electron chi connectivity index (χ1n) is 10.5. The number of carbonyl (C=O) groups is 2. The van der Waals surface area contributed by atoms with Gasteiger partial charge in [0.15, 0.2) is 0 Å². The van der Waals surface area contributed by atoms with E-state index in [4.69, 9.17) is 4.74 Å². The minimum atomic E-state index is -0.837. The number of hydrogen-bond donors (Lipinski definition) is 3. The van der Waals surface area contributed by atoms with E-state index in [0.29, 0.717) is 39.0 Å². The van der Waals surface area contributed by atoms with Crippen LogP contribution < -0.4 is 5.32 Å². The second kappa shape index (κ2) is 7.29. The molecule has 4 rings (SSSR count). The fourth-order valence-corrected chi connectivity index (χ4v) is 4.62. The van der Waals surface area contributed by atoms with Crippen LogP contribution >= 0.6 is 0 Å². The lowest BCUT2D eigenvalue weighted by atomic mass is 9.73. The minimum Gasteiger partial charge on any atom is -0.507 e. The summed E-state index contributed by atoms with van der Waals surface area (Å²) in [7, 11) is 0. The summed E-state index contributed by atoms with van der Waals surface area (Å²) in [4.78, 5) is 26.8. The summed E-state index contributed by atoms with van der Waals surface area (Å²) in [6, 6.07) is 5.04. The fraction of sp³-hybridized carbons (Fsp3) is 0.636. The molecule has 1 aromatic carbocycles. The number of amides is 2. The molecule has 3 N–H and O–H groups in total. The molecule has 158 valence electrons. The Balaban J connectivity index is 1.44. The number of phenols is 1. The Morgan fingerprint density at radius 3 is 2.52 bits per heavy atom. The molecule has 2 saturated heterocycles. The molecule has 3 aliphatic rings. The average Bonchev–Trinajstić information content (AvgIpc) is 3.52. The number of aromatic hydroxyl groups is 1. The summed E-state index contributed by atoms with van der Waals surface area (Å²) in [6.07, 6.45) is 2.54. The van der Waals surface area contributed by atoms with Crippen LogP contribution in [0.3, 0.4) is 0 Å². The van der Waals surface area contributed by atoms with Gasteiger partial charge in [-0.1, -0.05) is 6.07 Å².